The first-order valence-electron chi connectivity index (χ1n) is 10.4. The van der Waals surface area contributed by atoms with Gasteiger partial charge in [0, 0.05) is 18.7 Å². The largest absolute Gasteiger partial charge is 0.491 e. The van der Waals surface area contributed by atoms with Gasteiger partial charge >= 0.3 is 0 Å². The summed E-state index contributed by atoms with van der Waals surface area (Å²) in [4.78, 5) is 26.0. The Morgan fingerprint density at radius 2 is 1.94 bits per heavy atom. The van der Waals surface area contributed by atoms with E-state index in [4.69, 9.17) is 9.15 Å². The average molecular weight is 422 g/mol. The summed E-state index contributed by atoms with van der Waals surface area (Å²) < 4.78 is 14.1. The standard InChI is InChI=1S/C23H26N4O4/c1-5-18(22(28)24-13-16-6-8-17(9-7-16)31-14(2)3)27-23(29)20-12-21-19(10-11-30-21)26(20)15(4)25-27/h6-12,14,18H,5,13H2,1-4H3,(H,24,28)/t18-/m1/s1. The number of carbonyl (C=O) groups is 1. The van der Waals surface area contributed by atoms with Crippen molar-refractivity contribution in [1.29, 1.82) is 0 Å². The smallest absolute Gasteiger partial charge is 0.291 e. The molecule has 1 atom stereocenters. The number of rotatable bonds is 7. The van der Waals surface area contributed by atoms with Gasteiger partial charge in [-0.05, 0) is 44.9 Å². The summed E-state index contributed by atoms with van der Waals surface area (Å²) in [7, 11) is 0. The summed E-state index contributed by atoms with van der Waals surface area (Å²) in [6, 6.07) is 10.4. The maximum atomic E-state index is 13.1. The number of fused-ring (bicyclic) bond motifs is 3. The van der Waals surface area contributed by atoms with Gasteiger partial charge in [0.1, 0.15) is 23.1 Å². The zero-order valence-electron chi connectivity index (χ0n) is 18.1. The van der Waals surface area contributed by atoms with Crippen molar-refractivity contribution in [1.82, 2.24) is 19.5 Å². The van der Waals surface area contributed by atoms with E-state index in [-0.39, 0.29) is 17.6 Å². The second-order valence-electron chi connectivity index (χ2n) is 7.78. The third-order valence-electron chi connectivity index (χ3n) is 5.17. The molecule has 0 unspecified atom stereocenters. The van der Waals surface area contributed by atoms with Crippen LogP contribution in [0.4, 0.5) is 0 Å². The zero-order valence-corrected chi connectivity index (χ0v) is 18.1. The molecule has 0 bridgehead atoms. The van der Waals surface area contributed by atoms with E-state index in [2.05, 4.69) is 10.4 Å². The monoisotopic (exact) mass is 422 g/mol. The molecule has 162 valence electrons. The molecule has 1 aromatic carbocycles. The van der Waals surface area contributed by atoms with Crippen molar-refractivity contribution < 1.29 is 13.9 Å². The molecule has 31 heavy (non-hydrogen) atoms. The highest BCUT2D eigenvalue weighted by atomic mass is 16.5. The van der Waals surface area contributed by atoms with Gasteiger partial charge in [-0.2, -0.15) is 5.10 Å². The number of aromatic nitrogens is 3. The van der Waals surface area contributed by atoms with Crippen LogP contribution in [0.3, 0.4) is 0 Å². The molecule has 3 heterocycles. The lowest BCUT2D eigenvalue weighted by molar-refractivity contribution is -0.125. The summed E-state index contributed by atoms with van der Waals surface area (Å²) in [5, 5.41) is 7.36. The van der Waals surface area contributed by atoms with Crippen molar-refractivity contribution >= 4 is 22.5 Å². The Kier molecular flexibility index (Phi) is 5.54. The first kappa shape index (κ1) is 20.7. The minimum absolute atomic E-state index is 0.104. The first-order valence-corrected chi connectivity index (χ1v) is 10.4. The number of carbonyl (C=O) groups excluding carboxylic acids is 1. The van der Waals surface area contributed by atoms with E-state index in [0.29, 0.717) is 29.9 Å². The number of hydrogen-bond acceptors (Lipinski definition) is 5. The first-order chi connectivity index (χ1) is 14.9. The summed E-state index contributed by atoms with van der Waals surface area (Å²) in [6.45, 7) is 7.96. The second kappa shape index (κ2) is 8.29. The third kappa shape index (κ3) is 3.93. The van der Waals surface area contributed by atoms with Crippen molar-refractivity contribution in [3.8, 4) is 5.75 Å². The van der Waals surface area contributed by atoms with Gasteiger partial charge in [-0.15, -0.1) is 0 Å². The van der Waals surface area contributed by atoms with Crippen LogP contribution in [0.15, 0.2) is 51.9 Å². The predicted octanol–water partition coefficient (Wildman–Crippen LogP) is 3.61. The Balaban J connectivity index is 1.55. The van der Waals surface area contributed by atoms with E-state index >= 15 is 0 Å². The van der Waals surface area contributed by atoms with Gasteiger partial charge in [0.05, 0.1) is 17.9 Å². The number of nitrogens with one attached hydrogen (secondary N) is 1. The molecule has 0 aliphatic rings. The number of amides is 1. The summed E-state index contributed by atoms with van der Waals surface area (Å²) in [5.41, 5.74) is 2.45. The molecule has 4 rings (SSSR count). The van der Waals surface area contributed by atoms with Crippen LogP contribution in [0.5, 0.6) is 5.75 Å². The number of furan rings is 1. The normalized spacial score (nSPS) is 12.5. The Morgan fingerprint density at radius 3 is 2.61 bits per heavy atom. The van der Waals surface area contributed by atoms with E-state index in [0.717, 1.165) is 16.8 Å². The fourth-order valence-electron chi connectivity index (χ4n) is 3.74. The molecule has 0 saturated heterocycles. The SMILES string of the molecule is CC[C@H](C(=O)NCc1ccc(OC(C)C)cc1)n1nc(C)n2c(cc3occc32)c1=O. The molecule has 8 heteroatoms. The highest BCUT2D eigenvalue weighted by Crippen LogP contribution is 2.21. The van der Waals surface area contributed by atoms with Crippen molar-refractivity contribution in [2.75, 3.05) is 0 Å². The summed E-state index contributed by atoms with van der Waals surface area (Å²) >= 11 is 0. The Labute approximate surface area is 179 Å². The van der Waals surface area contributed by atoms with Gasteiger partial charge in [0.2, 0.25) is 5.91 Å². The molecule has 0 fully saturated rings. The fourth-order valence-corrected chi connectivity index (χ4v) is 3.74. The van der Waals surface area contributed by atoms with Crippen molar-refractivity contribution in [2.24, 2.45) is 0 Å². The third-order valence-corrected chi connectivity index (χ3v) is 5.17. The highest BCUT2D eigenvalue weighted by Gasteiger charge is 2.23. The molecule has 0 aliphatic heterocycles. The minimum atomic E-state index is -0.707. The molecule has 0 saturated carbocycles. The van der Waals surface area contributed by atoms with E-state index < -0.39 is 6.04 Å². The van der Waals surface area contributed by atoms with Gasteiger partial charge in [0.15, 0.2) is 5.58 Å². The maximum Gasteiger partial charge on any atom is 0.291 e. The lowest BCUT2D eigenvalue weighted by atomic mass is 10.2. The van der Waals surface area contributed by atoms with Crippen LogP contribution in [0.1, 0.15) is 44.6 Å². The Morgan fingerprint density at radius 1 is 1.19 bits per heavy atom. The Bertz CT molecular complexity index is 1280. The van der Waals surface area contributed by atoms with E-state index in [1.54, 1.807) is 29.7 Å². The zero-order chi connectivity index (χ0) is 22.1. The topological polar surface area (TPSA) is 90.8 Å². The fraction of sp³-hybridized carbons (Fsp3) is 0.348. The minimum Gasteiger partial charge on any atom is -0.491 e. The lowest BCUT2D eigenvalue weighted by Crippen LogP contribution is -2.39. The van der Waals surface area contributed by atoms with Gasteiger partial charge < -0.3 is 14.5 Å². The van der Waals surface area contributed by atoms with Crippen molar-refractivity contribution in [2.45, 2.75) is 52.8 Å². The van der Waals surface area contributed by atoms with Crippen LogP contribution in [0.25, 0.3) is 16.6 Å². The summed E-state index contributed by atoms with van der Waals surface area (Å²) in [6.07, 6.45) is 2.12. The Hall–Kier alpha value is -3.55. The average Bonchev–Trinajstić information content (AvgIpc) is 3.32. The molecular weight excluding hydrogens is 396 g/mol. The molecule has 0 radical (unpaired) electrons. The van der Waals surface area contributed by atoms with Gasteiger partial charge in [0.25, 0.3) is 5.56 Å². The second-order valence-corrected chi connectivity index (χ2v) is 7.78. The highest BCUT2D eigenvalue weighted by molar-refractivity contribution is 5.83. The number of nitrogens with zero attached hydrogens (tertiary/aromatic N) is 3. The molecule has 0 aliphatic carbocycles. The maximum absolute atomic E-state index is 13.1. The molecule has 0 spiro atoms. The van der Waals surface area contributed by atoms with Crippen molar-refractivity contribution in [3.63, 3.8) is 0 Å². The van der Waals surface area contributed by atoms with Crippen LogP contribution in [-0.4, -0.2) is 26.2 Å². The quantitative estimate of drug-likeness (QED) is 0.491. The summed E-state index contributed by atoms with van der Waals surface area (Å²) in [5.74, 6) is 1.14. The number of ether oxygens (including phenoxy) is 1. The van der Waals surface area contributed by atoms with E-state index in [1.165, 1.54) is 4.68 Å². The van der Waals surface area contributed by atoms with Crippen LogP contribution in [0, 0.1) is 6.92 Å². The molecule has 4 aromatic rings. The number of hydrogen-bond donors (Lipinski definition) is 1. The number of aryl methyl sites for hydroxylation is 1. The van der Waals surface area contributed by atoms with Gasteiger partial charge in [-0.25, -0.2) is 4.68 Å². The van der Waals surface area contributed by atoms with Gasteiger partial charge in [-0.3, -0.25) is 14.0 Å². The van der Waals surface area contributed by atoms with Gasteiger partial charge in [-0.1, -0.05) is 19.1 Å². The van der Waals surface area contributed by atoms with E-state index in [9.17, 15) is 9.59 Å². The molecule has 3 aromatic heterocycles. The van der Waals surface area contributed by atoms with Crippen LogP contribution < -0.4 is 15.6 Å². The number of benzene rings is 1. The van der Waals surface area contributed by atoms with Crippen LogP contribution >= 0.6 is 0 Å². The lowest BCUT2D eigenvalue weighted by Gasteiger charge is -2.18. The van der Waals surface area contributed by atoms with E-state index in [1.807, 2.05) is 45.0 Å². The predicted molar refractivity (Wildman–Crippen MR) is 117 cm³/mol. The van der Waals surface area contributed by atoms with Crippen molar-refractivity contribution in [3.05, 3.63) is 64.4 Å². The molecule has 1 amide bonds. The molecule has 1 N–H and O–H groups in total. The van der Waals surface area contributed by atoms with Crippen LogP contribution in [0.2, 0.25) is 0 Å². The molecular formula is C23H26N4O4. The molecule has 8 nitrogen and oxygen atoms in total. The van der Waals surface area contributed by atoms with Crippen LogP contribution in [-0.2, 0) is 11.3 Å².